The number of thiazole rings is 1. The average molecular weight is 264 g/mol. The van der Waals surface area contributed by atoms with E-state index in [1.54, 1.807) is 14.2 Å². The number of nitrogen functional groups attached to an aromatic ring is 1. The van der Waals surface area contributed by atoms with Crippen molar-refractivity contribution in [1.82, 2.24) is 4.98 Å². The predicted octanol–water partition coefficient (Wildman–Crippen LogP) is 2.64. The lowest BCUT2D eigenvalue weighted by atomic mass is 10.1. The number of rotatable bonds is 4. The van der Waals surface area contributed by atoms with E-state index in [1.165, 1.54) is 11.3 Å². The molecule has 1 aromatic heterocycles. The number of hydrogen-bond donors (Lipinski definition) is 1. The van der Waals surface area contributed by atoms with Gasteiger partial charge in [0.05, 0.1) is 19.9 Å². The van der Waals surface area contributed by atoms with Crippen molar-refractivity contribution in [2.75, 3.05) is 20.0 Å². The minimum atomic E-state index is 0.586. The number of hydrogen-bond acceptors (Lipinski definition) is 5. The van der Waals surface area contributed by atoms with Gasteiger partial charge in [0.2, 0.25) is 0 Å². The van der Waals surface area contributed by atoms with Crippen LogP contribution in [0.3, 0.4) is 0 Å². The smallest absolute Gasteiger partial charge is 0.180 e. The Bertz CT molecular complexity index is 552. The molecule has 0 unspecified atom stereocenters. The molecule has 1 heterocycles. The van der Waals surface area contributed by atoms with Crippen LogP contribution in [0.4, 0.5) is 5.13 Å². The van der Waals surface area contributed by atoms with Crippen LogP contribution in [-0.2, 0) is 6.42 Å². The molecule has 4 nitrogen and oxygen atoms in total. The van der Waals surface area contributed by atoms with Gasteiger partial charge < -0.3 is 15.2 Å². The Morgan fingerprint density at radius 2 is 1.94 bits per heavy atom. The van der Waals surface area contributed by atoms with Crippen LogP contribution in [-0.4, -0.2) is 19.2 Å². The van der Waals surface area contributed by atoms with E-state index < -0.39 is 0 Å². The van der Waals surface area contributed by atoms with Crippen LogP contribution in [0.25, 0.3) is 0 Å². The first-order valence-corrected chi connectivity index (χ1v) is 6.43. The Morgan fingerprint density at radius 1 is 1.22 bits per heavy atom. The molecule has 0 bridgehead atoms. The van der Waals surface area contributed by atoms with Gasteiger partial charge in [0.25, 0.3) is 0 Å². The SMILES string of the molecule is COc1cc(Cc2csc(N)n2)c(OC)cc1C. The molecule has 0 amide bonds. The van der Waals surface area contributed by atoms with Gasteiger partial charge in [-0.2, -0.15) is 0 Å². The monoisotopic (exact) mass is 264 g/mol. The molecule has 0 fully saturated rings. The lowest BCUT2D eigenvalue weighted by Gasteiger charge is -2.12. The molecule has 96 valence electrons. The third kappa shape index (κ3) is 2.56. The number of ether oxygens (including phenoxy) is 2. The van der Waals surface area contributed by atoms with Crippen LogP contribution < -0.4 is 15.2 Å². The van der Waals surface area contributed by atoms with Gasteiger partial charge in [0.1, 0.15) is 11.5 Å². The highest BCUT2D eigenvalue weighted by Crippen LogP contribution is 2.30. The lowest BCUT2D eigenvalue weighted by molar-refractivity contribution is 0.397. The van der Waals surface area contributed by atoms with E-state index in [9.17, 15) is 0 Å². The predicted molar refractivity (Wildman–Crippen MR) is 73.6 cm³/mol. The van der Waals surface area contributed by atoms with Crippen LogP contribution in [0.5, 0.6) is 11.5 Å². The molecule has 0 atom stereocenters. The summed E-state index contributed by atoms with van der Waals surface area (Å²) < 4.78 is 10.7. The number of benzene rings is 1. The standard InChI is InChI=1S/C13H16N2O2S/c1-8-4-12(17-3)9(6-11(8)16-2)5-10-7-18-13(14)15-10/h4,6-7H,5H2,1-3H3,(H2,14,15). The van der Waals surface area contributed by atoms with Gasteiger partial charge in [-0.25, -0.2) is 4.98 Å². The summed E-state index contributed by atoms with van der Waals surface area (Å²) >= 11 is 1.44. The zero-order valence-electron chi connectivity index (χ0n) is 10.7. The largest absolute Gasteiger partial charge is 0.496 e. The van der Waals surface area contributed by atoms with Crippen molar-refractivity contribution in [2.24, 2.45) is 0 Å². The van der Waals surface area contributed by atoms with E-state index >= 15 is 0 Å². The highest BCUT2D eigenvalue weighted by molar-refractivity contribution is 7.13. The van der Waals surface area contributed by atoms with Crippen LogP contribution in [0.2, 0.25) is 0 Å². The highest BCUT2D eigenvalue weighted by atomic mass is 32.1. The van der Waals surface area contributed by atoms with Gasteiger partial charge in [0, 0.05) is 17.4 Å². The fourth-order valence-corrected chi connectivity index (χ4v) is 2.41. The van der Waals surface area contributed by atoms with Crippen molar-refractivity contribution in [3.8, 4) is 11.5 Å². The highest BCUT2D eigenvalue weighted by Gasteiger charge is 2.10. The number of nitrogens with zero attached hydrogens (tertiary/aromatic N) is 1. The van der Waals surface area contributed by atoms with Crippen molar-refractivity contribution in [3.63, 3.8) is 0 Å². The second-order valence-electron chi connectivity index (χ2n) is 3.99. The molecule has 1 aromatic carbocycles. The molecule has 2 N–H and O–H groups in total. The molecule has 0 radical (unpaired) electrons. The molecule has 0 saturated heterocycles. The molecule has 0 saturated carbocycles. The molecule has 2 rings (SSSR count). The summed E-state index contributed by atoms with van der Waals surface area (Å²) in [7, 11) is 3.33. The van der Waals surface area contributed by atoms with Gasteiger partial charge in [0.15, 0.2) is 5.13 Å². The Balaban J connectivity index is 2.36. The number of aromatic nitrogens is 1. The Kier molecular flexibility index (Phi) is 3.72. The Morgan fingerprint density at radius 3 is 2.50 bits per heavy atom. The number of nitrogens with two attached hydrogens (primary N) is 1. The van der Waals surface area contributed by atoms with Crippen LogP contribution in [0.1, 0.15) is 16.8 Å². The third-order valence-electron chi connectivity index (χ3n) is 2.74. The van der Waals surface area contributed by atoms with Crippen molar-refractivity contribution < 1.29 is 9.47 Å². The lowest BCUT2D eigenvalue weighted by Crippen LogP contribution is -1.98. The molecule has 0 spiro atoms. The maximum Gasteiger partial charge on any atom is 0.180 e. The molecule has 5 heteroatoms. The van der Waals surface area contributed by atoms with Gasteiger partial charge >= 0.3 is 0 Å². The summed E-state index contributed by atoms with van der Waals surface area (Å²) in [6.07, 6.45) is 0.688. The summed E-state index contributed by atoms with van der Waals surface area (Å²) in [4.78, 5) is 4.26. The van der Waals surface area contributed by atoms with Crippen molar-refractivity contribution in [2.45, 2.75) is 13.3 Å². The fraction of sp³-hybridized carbons (Fsp3) is 0.308. The van der Waals surface area contributed by atoms with Crippen molar-refractivity contribution >= 4 is 16.5 Å². The zero-order valence-corrected chi connectivity index (χ0v) is 11.5. The van der Waals surface area contributed by atoms with E-state index in [1.807, 2.05) is 24.4 Å². The Labute approximate surface area is 110 Å². The second-order valence-corrected chi connectivity index (χ2v) is 4.88. The molecular weight excluding hydrogens is 248 g/mol. The first kappa shape index (κ1) is 12.7. The molecule has 18 heavy (non-hydrogen) atoms. The number of anilines is 1. The van der Waals surface area contributed by atoms with Crippen LogP contribution in [0, 0.1) is 6.92 Å². The zero-order chi connectivity index (χ0) is 13.1. The van der Waals surface area contributed by atoms with Crippen LogP contribution >= 0.6 is 11.3 Å². The first-order valence-electron chi connectivity index (χ1n) is 5.55. The van der Waals surface area contributed by atoms with E-state index in [4.69, 9.17) is 15.2 Å². The molecule has 2 aromatic rings. The minimum Gasteiger partial charge on any atom is -0.496 e. The summed E-state index contributed by atoms with van der Waals surface area (Å²) in [5.74, 6) is 1.70. The third-order valence-corrected chi connectivity index (χ3v) is 3.46. The van der Waals surface area contributed by atoms with E-state index in [2.05, 4.69) is 4.98 Å². The number of methoxy groups -OCH3 is 2. The quantitative estimate of drug-likeness (QED) is 0.922. The van der Waals surface area contributed by atoms with E-state index in [0.717, 1.165) is 28.3 Å². The normalized spacial score (nSPS) is 10.4. The van der Waals surface area contributed by atoms with E-state index in [-0.39, 0.29) is 0 Å². The molecule has 0 aliphatic carbocycles. The van der Waals surface area contributed by atoms with Crippen LogP contribution in [0.15, 0.2) is 17.5 Å². The summed E-state index contributed by atoms with van der Waals surface area (Å²) in [6.45, 7) is 1.99. The Hall–Kier alpha value is -1.75. The van der Waals surface area contributed by atoms with Crippen molar-refractivity contribution in [1.29, 1.82) is 0 Å². The molecular formula is C13H16N2O2S. The summed E-state index contributed by atoms with van der Waals surface area (Å²) in [5.41, 5.74) is 8.68. The fourth-order valence-electron chi connectivity index (χ4n) is 1.85. The molecule has 0 aliphatic heterocycles. The maximum atomic E-state index is 5.63. The maximum absolute atomic E-state index is 5.63. The van der Waals surface area contributed by atoms with E-state index in [0.29, 0.717) is 11.6 Å². The van der Waals surface area contributed by atoms with Gasteiger partial charge in [-0.05, 0) is 24.6 Å². The molecule has 0 aliphatic rings. The summed E-state index contributed by atoms with van der Waals surface area (Å²) in [5, 5.41) is 2.55. The van der Waals surface area contributed by atoms with Gasteiger partial charge in [-0.3, -0.25) is 0 Å². The summed E-state index contributed by atoms with van der Waals surface area (Å²) in [6, 6.07) is 3.97. The second kappa shape index (κ2) is 5.27. The van der Waals surface area contributed by atoms with Crippen molar-refractivity contribution in [3.05, 3.63) is 34.3 Å². The topological polar surface area (TPSA) is 57.4 Å². The first-order chi connectivity index (χ1) is 8.63. The minimum absolute atomic E-state index is 0.586. The van der Waals surface area contributed by atoms with Gasteiger partial charge in [-0.1, -0.05) is 0 Å². The average Bonchev–Trinajstić information content (AvgIpc) is 2.76. The number of aryl methyl sites for hydroxylation is 1. The van der Waals surface area contributed by atoms with Gasteiger partial charge in [-0.15, -0.1) is 11.3 Å².